The Morgan fingerprint density at radius 2 is 1.97 bits per heavy atom. The number of hydrogen-bond donors (Lipinski definition) is 1. The van der Waals surface area contributed by atoms with Gasteiger partial charge in [-0.15, -0.1) is 5.10 Å². The summed E-state index contributed by atoms with van der Waals surface area (Å²) in [5, 5.41) is 15.8. The molecule has 184 valence electrons. The number of methoxy groups -OCH3 is 1. The van der Waals surface area contributed by atoms with Gasteiger partial charge in [-0.3, -0.25) is 4.79 Å². The van der Waals surface area contributed by atoms with Crippen LogP contribution < -0.4 is 14.8 Å². The van der Waals surface area contributed by atoms with Crippen LogP contribution in [-0.4, -0.2) is 44.6 Å². The largest absolute Gasteiger partial charge is 0.493 e. The number of anilines is 1. The summed E-state index contributed by atoms with van der Waals surface area (Å²) in [6.45, 7) is 4.48. The zero-order chi connectivity index (χ0) is 25.2. The van der Waals surface area contributed by atoms with Gasteiger partial charge in [0.05, 0.1) is 31.3 Å². The molecule has 1 atom stereocenters. The number of hydrogen-bond acceptors (Lipinski definition) is 7. The average molecular weight is 489 g/mol. The molecule has 1 aliphatic heterocycles. The number of halogens is 1. The molecular formula is C26H25FN6O3. The normalized spacial score (nSPS) is 14.8. The lowest BCUT2D eigenvalue weighted by atomic mass is 9.85. The molecule has 1 N–H and O–H groups in total. The summed E-state index contributed by atoms with van der Waals surface area (Å²) in [7, 11) is 1.60. The number of benzene rings is 2. The van der Waals surface area contributed by atoms with Gasteiger partial charge in [0.1, 0.15) is 11.6 Å². The summed E-state index contributed by atoms with van der Waals surface area (Å²) in [5.74, 6) is 1.23. The molecule has 1 unspecified atom stereocenters. The summed E-state index contributed by atoms with van der Waals surface area (Å²) in [5.41, 5.74) is 3.72. The Kier molecular flexibility index (Phi) is 6.32. The molecule has 10 heteroatoms. The quantitative estimate of drug-likeness (QED) is 0.410. The van der Waals surface area contributed by atoms with Crippen LogP contribution in [0.1, 0.15) is 42.5 Å². The van der Waals surface area contributed by atoms with Gasteiger partial charge in [0, 0.05) is 23.5 Å². The van der Waals surface area contributed by atoms with Crippen LogP contribution in [0, 0.1) is 12.7 Å². The molecule has 0 aliphatic carbocycles. The summed E-state index contributed by atoms with van der Waals surface area (Å²) < 4.78 is 26.2. The van der Waals surface area contributed by atoms with Crippen molar-refractivity contribution in [3.8, 4) is 28.7 Å². The number of carbonyl (C=O) groups is 1. The minimum absolute atomic E-state index is 0.150. The SMILES string of the molecule is CCCOc1cc(C2CC(=O)Nc3c2c(C)nn3-c2nncc(-c3ccc(F)cc3)n2)ccc1OC. The zero-order valence-electron chi connectivity index (χ0n) is 20.2. The molecule has 1 aliphatic rings. The topological polar surface area (TPSA) is 104 Å². The first-order valence-electron chi connectivity index (χ1n) is 11.6. The summed E-state index contributed by atoms with van der Waals surface area (Å²) in [6, 6.07) is 11.7. The molecular weight excluding hydrogens is 463 g/mol. The zero-order valence-corrected chi connectivity index (χ0v) is 20.2. The first-order chi connectivity index (χ1) is 17.5. The van der Waals surface area contributed by atoms with Gasteiger partial charge in [0.25, 0.3) is 5.95 Å². The Balaban J connectivity index is 1.57. The monoisotopic (exact) mass is 488 g/mol. The van der Waals surface area contributed by atoms with Gasteiger partial charge >= 0.3 is 0 Å². The lowest BCUT2D eigenvalue weighted by Crippen LogP contribution is -2.25. The van der Waals surface area contributed by atoms with E-state index < -0.39 is 0 Å². The van der Waals surface area contributed by atoms with E-state index in [1.165, 1.54) is 23.0 Å². The number of carbonyl (C=O) groups excluding carboxylic acids is 1. The first-order valence-corrected chi connectivity index (χ1v) is 11.6. The average Bonchev–Trinajstić information content (AvgIpc) is 3.23. The van der Waals surface area contributed by atoms with E-state index in [4.69, 9.17) is 9.47 Å². The van der Waals surface area contributed by atoms with Crippen molar-refractivity contribution >= 4 is 11.7 Å². The highest BCUT2D eigenvalue weighted by atomic mass is 19.1. The summed E-state index contributed by atoms with van der Waals surface area (Å²) in [4.78, 5) is 17.4. The molecule has 0 radical (unpaired) electrons. The first kappa shape index (κ1) is 23.4. The minimum Gasteiger partial charge on any atom is -0.493 e. The molecule has 0 fully saturated rings. The molecule has 1 amide bonds. The lowest BCUT2D eigenvalue weighted by Gasteiger charge is -2.25. The van der Waals surface area contributed by atoms with E-state index >= 15 is 0 Å². The lowest BCUT2D eigenvalue weighted by molar-refractivity contribution is -0.116. The number of rotatable bonds is 7. The third kappa shape index (κ3) is 4.37. The fraction of sp³-hybridized carbons (Fsp3) is 0.269. The molecule has 0 spiro atoms. The van der Waals surface area contributed by atoms with E-state index in [9.17, 15) is 9.18 Å². The van der Waals surface area contributed by atoms with Gasteiger partial charge in [-0.25, -0.2) is 9.37 Å². The van der Waals surface area contributed by atoms with Crippen LogP contribution in [0.5, 0.6) is 11.5 Å². The Hall–Kier alpha value is -4.34. The van der Waals surface area contributed by atoms with Crippen molar-refractivity contribution in [2.75, 3.05) is 19.0 Å². The number of fused-ring (bicyclic) bond motifs is 1. The standard InChI is InChI=1S/C26H25FN6O3/c1-4-11-36-22-12-17(7-10-21(22)35-3)19-13-23(34)30-25-24(19)15(2)32-33(25)26-29-20(14-28-31-26)16-5-8-18(27)9-6-16/h5-10,12,14,19H,4,11,13H2,1-3H3,(H,30,34). The third-order valence-electron chi connectivity index (χ3n) is 6.03. The molecule has 9 nitrogen and oxygen atoms in total. The number of ether oxygens (including phenoxy) is 2. The fourth-order valence-corrected chi connectivity index (χ4v) is 4.36. The van der Waals surface area contributed by atoms with Gasteiger partial charge in [-0.2, -0.15) is 14.9 Å². The predicted octanol–water partition coefficient (Wildman–Crippen LogP) is 4.44. The second-order valence-electron chi connectivity index (χ2n) is 8.47. The highest BCUT2D eigenvalue weighted by Gasteiger charge is 2.34. The van der Waals surface area contributed by atoms with Crippen molar-refractivity contribution in [3.63, 3.8) is 0 Å². The fourth-order valence-electron chi connectivity index (χ4n) is 4.36. The van der Waals surface area contributed by atoms with Crippen molar-refractivity contribution < 1.29 is 18.7 Å². The molecule has 4 aromatic rings. The summed E-state index contributed by atoms with van der Waals surface area (Å²) >= 11 is 0. The van der Waals surface area contributed by atoms with Crippen LogP contribution in [0.4, 0.5) is 10.2 Å². The van der Waals surface area contributed by atoms with Gasteiger partial charge in [0.15, 0.2) is 11.5 Å². The predicted molar refractivity (Wildman–Crippen MR) is 131 cm³/mol. The van der Waals surface area contributed by atoms with Crippen LogP contribution in [0.15, 0.2) is 48.7 Å². The Morgan fingerprint density at radius 1 is 1.17 bits per heavy atom. The molecule has 5 rings (SSSR count). The maximum absolute atomic E-state index is 13.4. The molecule has 0 bridgehead atoms. The highest BCUT2D eigenvalue weighted by molar-refractivity contribution is 5.95. The smallest absolute Gasteiger partial charge is 0.272 e. The van der Waals surface area contributed by atoms with Crippen molar-refractivity contribution in [2.24, 2.45) is 0 Å². The number of aromatic nitrogens is 5. The van der Waals surface area contributed by atoms with E-state index in [1.54, 1.807) is 19.2 Å². The highest BCUT2D eigenvalue weighted by Crippen LogP contribution is 2.42. The molecule has 0 saturated heterocycles. The third-order valence-corrected chi connectivity index (χ3v) is 6.03. The van der Waals surface area contributed by atoms with Crippen molar-refractivity contribution in [1.29, 1.82) is 0 Å². The number of nitrogens with zero attached hydrogens (tertiary/aromatic N) is 5. The van der Waals surface area contributed by atoms with Gasteiger partial charge in [-0.05, 0) is 55.3 Å². The van der Waals surface area contributed by atoms with E-state index in [0.29, 0.717) is 35.2 Å². The van der Waals surface area contributed by atoms with Crippen molar-refractivity contribution in [3.05, 3.63) is 71.3 Å². The second kappa shape index (κ2) is 9.73. The van der Waals surface area contributed by atoms with Crippen LogP contribution >= 0.6 is 0 Å². The Morgan fingerprint density at radius 3 is 2.72 bits per heavy atom. The molecule has 0 saturated carbocycles. The Labute approximate surface area is 207 Å². The van der Waals surface area contributed by atoms with Gasteiger partial charge in [0.2, 0.25) is 5.91 Å². The number of amides is 1. The molecule has 3 heterocycles. The molecule has 36 heavy (non-hydrogen) atoms. The van der Waals surface area contributed by atoms with E-state index in [2.05, 4.69) is 25.6 Å². The molecule has 2 aromatic carbocycles. The summed E-state index contributed by atoms with van der Waals surface area (Å²) in [6.07, 6.45) is 2.62. The van der Waals surface area contributed by atoms with Gasteiger partial charge in [-0.1, -0.05) is 13.0 Å². The van der Waals surface area contributed by atoms with Crippen LogP contribution in [0.2, 0.25) is 0 Å². The van der Waals surface area contributed by atoms with Crippen LogP contribution in [0.3, 0.4) is 0 Å². The Bertz CT molecular complexity index is 1420. The maximum Gasteiger partial charge on any atom is 0.272 e. The molecule has 2 aromatic heterocycles. The van der Waals surface area contributed by atoms with E-state index in [-0.39, 0.29) is 30.0 Å². The number of nitrogens with one attached hydrogen (secondary N) is 1. The van der Waals surface area contributed by atoms with E-state index in [0.717, 1.165) is 23.2 Å². The number of aryl methyl sites for hydroxylation is 1. The van der Waals surface area contributed by atoms with Crippen LogP contribution in [-0.2, 0) is 4.79 Å². The van der Waals surface area contributed by atoms with Gasteiger partial charge < -0.3 is 14.8 Å². The van der Waals surface area contributed by atoms with Crippen molar-refractivity contribution in [2.45, 2.75) is 32.6 Å². The van der Waals surface area contributed by atoms with E-state index in [1.807, 2.05) is 32.0 Å². The minimum atomic E-state index is -0.340. The second-order valence-corrected chi connectivity index (χ2v) is 8.47. The maximum atomic E-state index is 13.4. The van der Waals surface area contributed by atoms with Crippen molar-refractivity contribution in [1.82, 2.24) is 25.0 Å². The van der Waals surface area contributed by atoms with Crippen LogP contribution in [0.25, 0.3) is 17.2 Å².